The molecule has 0 radical (unpaired) electrons. The Hall–Kier alpha value is -3.46. The molecule has 0 bridgehead atoms. The van der Waals surface area contributed by atoms with Gasteiger partial charge in [-0.05, 0) is 43.5 Å². The van der Waals surface area contributed by atoms with Gasteiger partial charge in [-0.1, -0.05) is 0 Å². The van der Waals surface area contributed by atoms with E-state index in [0.29, 0.717) is 22.8 Å². The predicted molar refractivity (Wildman–Crippen MR) is 117 cm³/mol. The van der Waals surface area contributed by atoms with Crippen LogP contribution in [0.25, 0.3) is 22.2 Å². The molecule has 0 spiro atoms. The number of amides is 1. The highest BCUT2D eigenvalue weighted by Gasteiger charge is 2.20. The van der Waals surface area contributed by atoms with Crippen molar-refractivity contribution in [3.63, 3.8) is 0 Å². The van der Waals surface area contributed by atoms with Gasteiger partial charge in [-0.2, -0.15) is 0 Å². The summed E-state index contributed by atoms with van der Waals surface area (Å²) in [6, 6.07) is 5.82. The molecule has 9 nitrogen and oxygen atoms in total. The molecule has 0 unspecified atom stereocenters. The van der Waals surface area contributed by atoms with Crippen LogP contribution in [0.15, 0.2) is 35.5 Å². The zero-order chi connectivity index (χ0) is 21.7. The van der Waals surface area contributed by atoms with E-state index in [-0.39, 0.29) is 11.6 Å². The summed E-state index contributed by atoms with van der Waals surface area (Å²) >= 11 is 0. The van der Waals surface area contributed by atoms with E-state index >= 15 is 0 Å². The van der Waals surface area contributed by atoms with Crippen LogP contribution in [0.5, 0.6) is 0 Å². The van der Waals surface area contributed by atoms with E-state index in [1.165, 1.54) is 0 Å². The number of nitrogens with zero attached hydrogens (tertiary/aromatic N) is 5. The maximum absolute atomic E-state index is 12.9. The van der Waals surface area contributed by atoms with Gasteiger partial charge in [0, 0.05) is 45.2 Å². The van der Waals surface area contributed by atoms with Crippen molar-refractivity contribution < 1.29 is 9.53 Å². The monoisotopic (exact) mass is 420 g/mol. The van der Waals surface area contributed by atoms with Crippen molar-refractivity contribution in [1.82, 2.24) is 23.7 Å². The molecule has 1 aliphatic heterocycles. The van der Waals surface area contributed by atoms with Gasteiger partial charge in [0.1, 0.15) is 5.52 Å². The van der Waals surface area contributed by atoms with Crippen LogP contribution in [0.4, 0.5) is 5.69 Å². The fraction of sp³-hybridized carbons (Fsp3) is 0.364. The van der Waals surface area contributed by atoms with E-state index < -0.39 is 0 Å². The second kappa shape index (κ2) is 7.35. The van der Waals surface area contributed by atoms with E-state index in [4.69, 9.17) is 4.74 Å². The molecular formula is C22H24N6O3. The van der Waals surface area contributed by atoms with Crippen LogP contribution in [-0.4, -0.2) is 42.8 Å². The number of ether oxygens (including phenoxy) is 1. The first kappa shape index (κ1) is 19.5. The number of aromatic nitrogens is 5. The highest BCUT2D eigenvalue weighted by Crippen LogP contribution is 2.26. The molecule has 1 fully saturated rings. The lowest BCUT2D eigenvalue weighted by Crippen LogP contribution is -2.19. The number of rotatable bonds is 3. The van der Waals surface area contributed by atoms with Gasteiger partial charge >= 0.3 is 5.69 Å². The van der Waals surface area contributed by atoms with Crippen LogP contribution < -0.4 is 11.0 Å². The van der Waals surface area contributed by atoms with E-state index in [1.807, 2.05) is 19.1 Å². The first-order chi connectivity index (χ1) is 14.9. The Labute approximate surface area is 178 Å². The number of pyridine rings is 1. The number of anilines is 1. The number of imidazole rings is 2. The number of aryl methyl sites for hydroxylation is 3. The molecule has 1 amide bonds. The number of fused-ring (bicyclic) bond motifs is 2. The lowest BCUT2D eigenvalue weighted by atomic mass is 10.1. The lowest BCUT2D eigenvalue weighted by molar-refractivity contribution is 0.0704. The molecule has 9 heteroatoms. The van der Waals surface area contributed by atoms with Crippen molar-refractivity contribution >= 4 is 33.8 Å². The van der Waals surface area contributed by atoms with E-state index in [1.54, 1.807) is 41.8 Å². The lowest BCUT2D eigenvalue weighted by Gasteiger charge is -2.23. The van der Waals surface area contributed by atoms with Crippen LogP contribution in [-0.2, 0) is 18.8 Å². The topological polar surface area (TPSA) is 96.0 Å². The van der Waals surface area contributed by atoms with Gasteiger partial charge in [0.15, 0.2) is 5.65 Å². The quantitative estimate of drug-likeness (QED) is 0.549. The van der Waals surface area contributed by atoms with Gasteiger partial charge in [0.25, 0.3) is 5.91 Å². The third kappa shape index (κ3) is 3.21. The molecule has 5 rings (SSSR count). The third-order valence-electron chi connectivity index (χ3n) is 6.13. The molecule has 1 N–H and O–H groups in total. The average molecular weight is 420 g/mol. The summed E-state index contributed by atoms with van der Waals surface area (Å²) in [7, 11) is 3.46. The van der Waals surface area contributed by atoms with Gasteiger partial charge in [0.2, 0.25) is 0 Å². The minimum absolute atomic E-state index is 0.104. The highest BCUT2D eigenvalue weighted by molar-refractivity contribution is 6.06. The van der Waals surface area contributed by atoms with Crippen LogP contribution in [0, 0.1) is 6.92 Å². The summed E-state index contributed by atoms with van der Waals surface area (Å²) in [5.41, 5.74) is 4.92. The SMILES string of the molecule is Cc1cc2c(cc1NC(=O)c1cnc3c(c1)ncn3C1CCOCC1)n(C)c(=O)n2C. The summed E-state index contributed by atoms with van der Waals surface area (Å²) in [4.78, 5) is 34.1. The van der Waals surface area contributed by atoms with Gasteiger partial charge in [-0.3, -0.25) is 13.9 Å². The third-order valence-corrected chi connectivity index (χ3v) is 6.13. The average Bonchev–Trinajstić information content (AvgIpc) is 3.30. The van der Waals surface area contributed by atoms with E-state index in [0.717, 1.165) is 48.3 Å². The number of carbonyl (C=O) groups excluding carboxylic acids is 1. The Balaban J connectivity index is 1.44. The summed E-state index contributed by atoms with van der Waals surface area (Å²) in [6.07, 6.45) is 5.24. The summed E-state index contributed by atoms with van der Waals surface area (Å²) in [5.74, 6) is -0.265. The van der Waals surface area contributed by atoms with E-state index in [9.17, 15) is 9.59 Å². The van der Waals surface area contributed by atoms with Crippen LogP contribution >= 0.6 is 0 Å². The normalized spacial score (nSPS) is 15.1. The zero-order valence-corrected chi connectivity index (χ0v) is 17.8. The van der Waals surface area contributed by atoms with Gasteiger partial charge in [-0.15, -0.1) is 0 Å². The predicted octanol–water partition coefficient (Wildman–Crippen LogP) is 2.53. The fourth-order valence-electron chi connectivity index (χ4n) is 4.25. The number of hydrogen-bond acceptors (Lipinski definition) is 5. The molecule has 31 heavy (non-hydrogen) atoms. The second-order valence-corrected chi connectivity index (χ2v) is 8.07. The molecule has 0 aliphatic carbocycles. The van der Waals surface area contributed by atoms with Crippen LogP contribution in [0.3, 0.4) is 0 Å². The van der Waals surface area contributed by atoms with Crippen molar-refractivity contribution in [3.05, 3.63) is 52.3 Å². The molecular weight excluding hydrogens is 396 g/mol. The smallest absolute Gasteiger partial charge is 0.328 e. The Bertz CT molecular complexity index is 1370. The maximum atomic E-state index is 12.9. The van der Waals surface area contributed by atoms with Gasteiger partial charge in [-0.25, -0.2) is 14.8 Å². The fourth-order valence-corrected chi connectivity index (χ4v) is 4.25. The Morgan fingerprint density at radius 3 is 2.55 bits per heavy atom. The van der Waals surface area contributed by atoms with Gasteiger partial charge < -0.3 is 14.6 Å². The summed E-state index contributed by atoms with van der Waals surface area (Å²) < 4.78 is 10.7. The number of hydrogen-bond donors (Lipinski definition) is 1. The first-order valence-electron chi connectivity index (χ1n) is 10.3. The Morgan fingerprint density at radius 2 is 1.81 bits per heavy atom. The summed E-state index contributed by atoms with van der Waals surface area (Å²) in [5, 5.41) is 2.95. The molecule has 160 valence electrons. The molecule has 0 saturated carbocycles. The Morgan fingerprint density at radius 1 is 1.10 bits per heavy atom. The van der Waals surface area contributed by atoms with Crippen molar-refractivity contribution in [3.8, 4) is 0 Å². The zero-order valence-electron chi connectivity index (χ0n) is 17.8. The van der Waals surface area contributed by atoms with Crippen molar-refractivity contribution in [1.29, 1.82) is 0 Å². The molecule has 1 aromatic carbocycles. The maximum Gasteiger partial charge on any atom is 0.328 e. The number of nitrogens with one attached hydrogen (secondary N) is 1. The standard InChI is InChI=1S/C22H24N6O3/c1-13-8-18-19(27(3)22(30)26(18)2)10-16(13)25-21(29)14-9-17-20(23-11-14)28(12-24-17)15-4-6-31-7-5-15/h8-12,15H,4-7H2,1-3H3,(H,25,29). The van der Waals surface area contributed by atoms with Crippen molar-refractivity contribution in [2.24, 2.45) is 14.1 Å². The van der Waals surface area contributed by atoms with Crippen LogP contribution in [0.2, 0.25) is 0 Å². The Kier molecular flexibility index (Phi) is 4.62. The molecule has 0 atom stereocenters. The summed E-state index contributed by atoms with van der Waals surface area (Å²) in [6.45, 7) is 3.38. The first-order valence-corrected chi connectivity index (χ1v) is 10.3. The largest absolute Gasteiger partial charge is 0.381 e. The number of carbonyl (C=O) groups is 1. The van der Waals surface area contributed by atoms with Gasteiger partial charge in [0.05, 0.1) is 22.9 Å². The molecule has 4 heterocycles. The van der Waals surface area contributed by atoms with Crippen molar-refractivity contribution in [2.75, 3.05) is 18.5 Å². The van der Waals surface area contributed by atoms with Crippen molar-refractivity contribution in [2.45, 2.75) is 25.8 Å². The molecule has 4 aromatic rings. The second-order valence-electron chi connectivity index (χ2n) is 8.07. The van der Waals surface area contributed by atoms with E-state index in [2.05, 4.69) is 19.9 Å². The molecule has 1 aliphatic rings. The molecule has 3 aromatic heterocycles. The highest BCUT2D eigenvalue weighted by atomic mass is 16.5. The molecule has 1 saturated heterocycles. The van der Waals surface area contributed by atoms with Crippen LogP contribution in [0.1, 0.15) is 34.8 Å². The number of benzene rings is 1. The minimum Gasteiger partial charge on any atom is -0.381 e. The minimum atomic E-state index is -0.265.